The fraction of sp³-hybridized carbons (Fsp3) is 1.00. The molecular weight excluding hydrogens is 399 g/mol. The molecule has 0 aliphatic heterocycles. The molecule has 0 heterocycles. The lowest BCUT2D eigenvalue weighted by Crippen LogP contribution is -1.88. The molecule has 0 spiro atoms. The van der Waals surface area contributed by atoms with E-state index in [1.54, 1.807) is 0 Å². The van der Waals surface area contributed by atoms with Crippen molar-refractivity contribution in [2.45, 2.75) is 141 Å². The van der Waals surface area contributed by atoms with Gasteiger partial charge in [-0.25, -0.2) is 0 Å². The second kappa shape index (κ2) is 23.2. The average Bonchev–Trinajstić information content (AvgIpc) is 2.67. The SMILES string of the molecule is O=P(O)(O)CCCCCCCCCCCCCCCCCCCCCCCCS. The molecule has 0 aromatic heterocycles. The first kappa shape index (κ1) is 29.5. The molecule has 29 heavy (non-hydrogen) atoms. The van der Waals surface area contributed by atoms with Crippen molar-refractivity contribution in [1.82, 2.24) is 0 Å². The van der Waals surface area contributed by atoms with Crippen LogP contribution >= 0.6 is 20.2 Å². The maximum absolute atomic E-state index is 10.7. The van der Waals surface area contributed by atoms with Crippen molar-refractivity contribution in [3.63, 3.8) is 0 Å². The van der Waals surface area contributed by atoms with E-state index in [1.807, 2.05) is 0 Å². The maximum Gasteiger partial charge on any atom is 0.325 e. The van der Waals surface area contributed by atoms with Gasteiger partial charge in [0, 0.05) is 6.16 Å². The summed E-state index contributed by atoms with van der Waals surface area (Å²) in [5.41, 5.74) is 0. The largest absolute Gasteiger partial charge is 0.325 e. The first-order chi connectivity index (χ1) is 14.1. The van der Waals surface area contributed by atoms with Crippen molar-refractivity contribution in [1.29, 1.82) is 0 Å². The minimum atomic E-state index is -3.76. The third-order valence-corrected chi connectivity index (χ3v) is 7.07. The smallest absolute Gasteiger partial charge is 0.324 e. The molecule has 0 fully saturated rings. The normalized spacial score (nSPS) is 12.0. The molecule has 0 unspecified atom stereocenters. The molecule has 0 aliphatic carbocycles. The van der Waals surface area contributed by atoms with Gasteiger partial charge < -0.3 is 9.79 Å². The van der Waals surface area contributed by atoms with Gasteiger partial charge in [0.25, 0.3) is 0 Å². The van der Waals surface area contributed by atoms with Gasteiger partial charge >= 0.3 is 7.60 Å². The Morgan fingerprint density at radius 3 is 0.828 bits per heavy atom. The fourth-order valence-electron chi connectivity index (χ4n) is 3.97. The van der Waals surface area contributed by atoms with Gasteiger partial charge in [-0.2, -0.15) is 12.6 Å². The second-order valence-corrected chi connectivity index (χ2v) is 11.1. The number of hydrogen-bond donors (Lipinski definition) is 3. The summed E-state index contributed by atoms with van der Waals surface area (Å²) in [5.74, 6) is 1.05. The van der Waals surface area contributed by atoms with Gasteiger partial charge in [0.05, 0.1) is 0 Å². The molecule has 0 saturated heterocycles. The summed E-state index contributed by atoms with van der Waals surface area (Å²) < 4.78 is 10.7. The Balaban J connectivity index is 3.02. The van der Waals surface area contributed by atoms with E-state index in [9.17, 15) is 4.57 Å². The standard InChI is InChI=1S/C24H51O3PS/c25-28(26,27)23-21-19-17-15-13-11-9-7-5-3-1-2-4-6-8-10-12-14-16-18-20-22-24-29/h29H,1-24H2,(H2,25,26,27). The predicted octanol–water partition coefficient (Wildman–Crippen LogP) is 8.68. The molecule has 0 amide bonds. The number of unbranched alkanes of at least 4 members (excludes halogenated alkanes) is 21. The van der Waals surface area contributed by atoms with Gasteiger partial charge in [0.2, 0.25) is 0 Å². The molecule has 2 N–H and O–H groups in total. The topological polar surface area (TPSA) is 57.5 Å². The van der Waals surface area contributed by atoms with Crippen molar-refractivity contribution in [3.8, 4) is 0 Å². The summed E-state index contributed by atoms with van der Waals surface area (Å²) in [7, 11) is -3.76. The Morgan fingerprint density at radius 1 is 0.414 bits per heavy atom. The highest BCUT2D eigenvalue weighted by Crippen LogP contribution is 2.35. The van der Waals surface area contributed by atoms with Crippen molar-refractivity contribution < 1.29 is 14.4 Å². The zero-order valence-electron chi connectivity index (χ0n) is 19.2. The average molecular weight is 451 g/mol. The molecule has 0 radical (unpaired) electrons. The molecule has 0 saturated carbocycles. The van der Waals surface area contributed by atoms with Crippen LogP contribution in [0.2, 0.25) is 0 Å². The maximum atomic E-state index is 10.7. The Morgan fingerprint density at radius 2 is 0.621 bits per heavy atom. The minimum Gasteiger partial charge on any atom is -0.324 e. The third-order valence-electron chi connectivity index (χ3n) is 5.86. The van der Waals surface area contributed by atoms with Crippen molar-refractivity contribution in [2.75, 3.05) is 11.9 Å². The molecule has 0 aliphatic rings. The van der Waals surface area contributed by atoms with E-state index in [0.29, 0.717) is 6.42 Å². The quantitative estimate of drug-likeness (QED) is 0.0783. The van der Waals surface area contributed by atoms with Gasteiger partial charge in [-0.05, 0) is 18.6 Å². The van der Waals surface area contributed by atoms with Gasteiger partial charge in [-0.15, -0.1) is 0 Å². The lowest BCUT2D eigenvalue weighted by Gasteiger charge is -2.05. The third kappa shape index (κ3) is 28.5. The van der Waals surface area contributed by atoms with E-state index < -0.39 is 7.60 Å². The van der Waals surface area contributed by atoms with E-state index in [1.165, 1.54) is 122 Å². The van der Waals surface area contributed by atoms with Crippen molar-refractivity contribution >= 4 is 20.2 Å². The zero-order valence-corrected chi connectivity index (χ0v) is 21.0. The Bertz CT molecular complexity index is 360. The lowest BCUT2D eigenvalue weighted by molar-refractivity contribution is 0.370. The van der Waals surface area contributed by atoms with Crippen LogP contribution in [0.5, 0.6) is 0 Å². The Kier molecular flexibility index (Phi) is 23.6. The van der Waals surface area contributed by atoms with Crippen molar-refractivity contribution in [3.05, 3.63) is 0 Å². The summed E-state index contributed by atoms with van der Waals surface area (Å²) in [6.45, 7) is 0. The second-order valence-electron chi connectivity index (χ2n) is 8.89. The van der Waals surface area contributed by atoms with E-state index >= 15 is 0 Å². The van der Waals surface area contributed by atoms with Crippen LogP contribution in [0.1, 0.15) is 141 Å². The van der Waals surface area contributed by atoms with Crippen LogP contribution in [0.15, 0.2) is 0 Å². The van der Waals surface area contributed by atoms with Crippen LogP contribution in [0, 0.1) is 0 Å². The first-order valence-corrected chi connectivity index (χ1v) is 15.1. The molecular formula is C24H51O3PS. The number of thiol groups is 1. The summed E-state index contributed by atoms with van der Waals surface area (Å²) >= 11 is 4.26. The lowest BCUT2D eigenvalue weighted by atomic mass is 10.0. The fourth-order valence-corrected chi connectivity index (χ4v) is 4.82. The van der Waals surface area contributed by atoms with Crippen LogP contribution in [0.4, 0.5) is 0 Å². The number of hydrogen-bond acceptors (Lipinski definition) is 2. The predicted molar refractivity (Wildman–Crippen MR) is 132 cm³/mol. The molecule has 0 aromatic carbocycles. The first-order valence-electron chi connectivity index (χ1n) is 12.7. The molecule has 0 bridgehead atoms. The van der Waals surface area contributed by atoms with Crippen molar-refractivity contribution in [2.24, 2.45) is 0 Å². The molecule has 0 rings (SSSR count). The summed E-state index contributed by atoms with van der Waals surface area (Å²) in [4.78, 5) is 17.6. The van der Waals surface area contributed by atoms with Gasteiger partial charge in [0.15, 0.2) is 0 Å². The molecule has 176 valence electrons. The Hall–Kier alpha value is 0.500. The van der Waals surface area contributed by atoms with Gasteiger partial charge in [-0.3, -0.25) is 4.57 Å². The van der Waals surface area contributed by atoms with E-state index in [2.05, 4.69) is 12.6 Å². The molecule has 0 atom stereocenters. The summed E-state index contributed by atoms with van der Waals surface area (Å²) in [5, 5.41) is 0. The minimum absolute atomic E-state index is 0.0597. The monoisotopic (exact) mass is 450 g/mol. The molecule has 3 nitrogen and oxygen atoms in total. The highest BCUT2D eigenvalue weighted by molar-refractivity contribution is 7.80. The molecule has 5 heteroatoms. The molecule has 0 aromatic rings. The highest BCUT2D eigenvalue weighted by atomic mass is 32.1. The zero-order chi connectivity index (χ0) is 21.5. The summed E-state index contributed by atoms with van der Waals surface area (Å²) in [6.07, 6.45) is 29.1. The van der Waals surface area contributed by atoms with Crippen LogP contribution in [-0.4, -0.2) is 21.7 Å². The van der Waals surface area contributed by atoms with Gasteiger partial charge in [-0.1, -0.05) is 128 Å². The van der Waals surface area contributed by atoms with Crippen LogP contribution in [0.3, 0.4) is 0 Å². The van der Waals surface area contributed by atoms with Gasteiger partial charge in [0.1, 0.15) is 0 Å². The van der Waals surface area contributed by atoms with Crippen LogP contribution in [-0.2, 0) is 4.57 Å². The van der Waals surface area contributed by atoms with E-state index in [0.717, 1.165) is 18.6 Å². The summed E-state index contributed by atoms with van der Waals surface area (Å²) in [6, 6.07) is 0. The number of rotatable bonds is 24. The van der Waals surface area contributed by atoms with Crippen LogP contribution in [0.25, 0.3) is 0 Å². The van der Waals surface area contributed by atoms with E-state index in [4.69, 9.17) is 9.79 Å². The van der Waals surface area contributed by atoms with E-state index in [-0.39, 0.29) is 6.16 Å². The Labute approximate surface area is 187 Å². The highest BCUT2D eigenvalue weighted by Gasteiger charge is 2.10. The van der Waals surface area contributed by atoms with Crippen LogP contribution < -0.4 is 0 Å².